The molecule has 1 aromatic rings. The summed E-state index contributed by atoms with van der Waals surface area (Å²) in [6.45, 7) is 4.26. The van der Waals surface area contributed by atoms with E-state index in [0.717, 1.165) is 17.8 Å². The highest BCUT2D eigenvalue weighted by Gasteiger charge is 2.14. The van der Waals surface area contributed by atoms with Gasteiger partial charge in [-0.3, -0.25) is 0 Å². The minimum atomic E-state index is -0.474. The monoisotopic (exact) mass is 290 g/mol. The molecule has 0 unspecified atom stereocenters. The molecule has 0 radical (unpaired) electrons. The molecule has 108 valence electrons. The Labute approximate surface area is 115 Å². The molecular formula is C11H18N2O5S. The molecule has 0 spiro atoms. The Balaban J connectivity index is 2.14. The van der Waals surface area contributed by atoms with Crippen LogP contribution >= 0.6 is 11.3 Å². The summed E-state index contributed by atoms with van der Waals surface area (Å²) in [7, 11) is 1.63. The molecule has 0 amide bonds. The average Bonchev–Trinajstić information content (AvgIpc) is 2.87. The number of rotatable bonds is 10. The van der Waals surface area contributed by atoms with Crippen LogP contribution in [0.25, 0.3) is 0 Å². The zero-order valence-electron chi connectivity index (χ0n) is 11.1. The molecule has 7 nitrogen and oxygen atoms in total. The van der Waals surface area contributed by atoms with Crippen molar-refractivity contribution in [2.75, 3.05) is 40.1 Å². The molecule has 0 bridgehead atoms. The fourth-order valence-electron chi connectivity index (χ4n) is 1.11. The summed E-state index contributed by atoms with van der Waals surface area (Å²) in [4.78, 5) is 11.3. The average molecular weight is 290 g/mol. The first-order chi connectivity index (χ1) is 9.27. The van der Waals surface area contributed by atoms with Crippen molar-refractivity contribution in [3.63, 3.8) is 0 Å². The van der Waals surface area contributed by atoms with Gasteiger partial charge in [0.15, 0.2) is 0 Å². The van der Waals surface area contributed by atoms with Crippen molar-refractivity contribution < 1.29 is 23.7 Å². The summed E-state index contributed by atoms with van der Waals surface area (Å²) in [6, 6.07) is 0. The van der Waals surface area contributed by atoms with Crippen molar-refractivity contribution >= 4 is 17.3 Å². The zero-order valence-corrected chi connectivity index (χ0v) is 11.9. The summed E-state index contributed by atoms with van der Waals surface area (Å²) in [5, 5.41) is 8.01. The lowest BCUT2D eigenvalue weighted by atomic mass is 10.5. The van der Waals surface area contributed by atoms with Gasteiger partial charge in [-0.2, -0.15) is 0 Å². The second kappa shape index (κ2) is 9.65. The lowest BCUT2D eigenvalue weighted by molar-refractivity contribution is 0.0525. The van der Waals surface area contributed by atoms with E-state index in [-0.39, 0.29) is 5.01 Å². The molecule has 1 heterocycles. The lowest BCUT2D eigenvalue weighted by Gasteiger charge is -2.03. The smallest absolute Gasteiger partial charge is 0.369 e. The van der Waals surface area contributed by atoms with Crippen LogP contribution in [0.2, 0.25) is 0 Å². The molecule has 0 aliphatic heterocycles. The predicted octanol–water partition coefficient (Wildman–Crippen LogP) is 1.15. The Kier molecular flexibility index (Phi) is 8.03. The van der Waals surface area contributed by atoms with Crippen LogP contribution in [-0.2, 0) is 14.2 Å². The van der Waals surface area contributed by atoms with Crippen molar-refractivity contribution in [1.29, 1.82) is 0 Å². The Morgan fingerprint density at radius 1 is 1.21 bits per heavy atom. The standard InChI is InChI=1S/C11H18N2O5S/c1-3-17-10(14)9-12-13-11(19-9)18-6-4-5-16-8-7-15-2/h3-8H2,1-2H3. The highest BCUT2D eigenvalue weighted by atomic mass is 32.1. The Hall–Kier alpha value is -1.25. The molecule has 0 saturated carbocycles. The van der Waals surface area contributed by atoms with E-state index >= 15 is 0 Å². The molecule has 0 saturated heterocycles. The topological polar surface area (TPSA) is 79.8 Å². The number of carbonyl (C=O) groups is 1. The van der Waals surface area contributed by atoms with Crippen LogP contribution in [0.15, 0.2) is 0 Å². The molecule has 8 heteroatoms. The minimum Gasteiger partial charge on any atom is -0.469 e. The van der Waals surface area contributed by atoms with Gasteiger partial charge in [-0.1, -0.05) is 5.10 Å². The van der Waals surface area contributed by atoms with Crippen LogP contribution < -0.4 is 4.74 Å². The van der Waals surface area contributed by atoms with E-state index in [4.69, 9.17) is 18.9 Å². The van der Waals surface area contributed by atoms with Crippen molar-refractivity contribution in [1.82, 2.24) is 10.2 Å². The van der Waals surface area contributed by atoms with Gasteiger partial charge < -0.3 is 18.9 Å². The first-order valence-electron chi connectivity index (χ1n) is 5.98. The second-order valence-corrected chi connectivity index (χ2v) is 4.34. The number of aromatic nitrogens is 2. The quantitative estimate of drug-likeness (QED) is 0.472. The van der Waals surface area contributed by atoms with Crippen molar-refractivity contribution in [3.05, 3.63) is 5.01 Å². The van der Waals surface area contributed by atoms with Crippen LogP contribution in [0.3, 0.4) is 0 Å². The molecular weight excluding hydrogens is 272 g/mol. The largest absolute Gasteiger partial charge is 0.469 e. The van der Waals surface area contributed by atoms with Crippen LogP contribution in [0.5, 0.6) is 5.19 Å². The summed E-state index contributed by atoms with van der Waals surface area (Å²) in [5.74, 6) is -0.474. The third-order valence-electron chi connectivity index (χ3n) is 1.95. The van der Waals surface area contributed by atoms with Gasteiger partial charge in [0.05, 0.1) is 26.4 Å². The number of hydrogen-bond donors (Lipinski definition) is 0. The molecule has 0 aromatic carbocycles. The highest BCUT2D eigenvalue weighted by Crippen LogP contribution is 2.18. The summed E-state index contributed by atoms with van der Waals surface area (Å²) in [6.07, 6.45) is 0.734. The zero-order chi connectivity index (χ0) is 13.9. The van der Waals surface area contributed by atoms with E-state index in [9.17, 15) is 4.79 Å². The molecule has 0 aliphatic rings. The van der Waals surface area contributed by atoms with Crippen LogP contribution in [-0.4, -0.2) is 56.3 Å². The predicted molar refractivity (Wildman–Crippen MR) is 68.7 cm³/mol. The molecule has 19 heavy (non-hydrogen) atoms. The van der Waals surface area contributed by atoms with Gasteiger partial charge in [0.2, 0.25) is 5.01 Å². The van der Waals surface area contributed by atoms with Crippen molar-refractivity contribution in [2.24, 2.45) is 0 Å². The number of esters is 1. The van der Waals surface area contributed by atoms with Gasteiger partial charge in [0.1, 0.15) is 0 Å². The van der Waals surface area contributed by atoms with E-state index in [0.29, 0.717) is 38.2 Å². The molecule has 0 aliphatic carbocycles. The normalized spacial score (nSPS) is 10.4. The van der Waals surface area contributed by atoms with E-state index in [2.05, 4.69) is 10.2 Å². The minimum absolute atomic E-state index is 0.202. The van der Waals surface area contributed by atoms with E-state index in [1.807, 2.05) is 0 Å². The number of nitrogens with zero attached hydrogens (tertiary/aromatic N) is 2. The van der Waals surface area contributed by atoms with Gasteiger partial charge in [0, 0.05) is 20.1 Å². The Morgan fingerprint density at radius 3 is 2.79 bits per heavy atom. The van der Waals surface area contributed by atoms with Crippen LogP contribution in [0, 0.1) is 0 Å². The Morgan fingerprint density at radius 2 is 2.05 bits per heavy atom. The van der Waals surface area contributed by atoms with E-state index in [1.54, 1.807) is 14.0 Å². The summed E-state index contributed by atoms with van der Waals surface area (Å²) >= 11 is 1.07. The van der Waals surface area contributed by atoms with Crippen LogP contribution in [0.1, 0.15) is 23.1 Å². The van der Waals surface area contributed by atoms with Gasteiger partial charge in [-0.25, -0.2) is 4.79 Å². The molecule has 0 atom stereocenters. The molecule has 0 N–H and O–H groups in total. The highest BCUT2D eigenvalue weighted by molar-refractivity contribution is 7.14. The van der Waals surface area contributed by atoms with E-state index in [1.165, 1.54) is 0 Å². The van der Waals surface area contributed by atoms with Gasteiger partial charge in [0.25, 0.3) is 5.19 Å². The van der Waals surface area contributed by atoms with Gasteiger partial charge in [-0.05, 0) is 18.3 Å². The molecule has 1 aromatic heterocycles. The summed E-state index contributed by atoms with van der Waals surface area (Å²) < 4.78 is 20.3. The first-order valence-corrected chi connectivity index (χ1v) is 6.79. The lowest BCUT2D eigenvalue weighted by Crippen LogP contribution is -2.06. The maximum absolute atomic E-state index is 11.3. The number of ether oxygens (including phenoxy) is 4. The SMILES string of the molecule is CCOC(=O)c1nnc(OCCCOCCOC)s1. The van der Waals surface area contributed by atoms with Crippen molar-refractivity contribution in [2.45, 2.75) is 13.3 Å². The molecule has 1 rings (SSSR count). The summed E-state index contributed by atoms with van der Waals surface area (Å²) in [5.41, 5.74) is 0. The maximum Gasteiger partial charge on any atom is 0.369 e. The second-order valence-electron chi connectivity index (χ2n) is 3.40. The third kappa shape index (κ3) is 6.46. The van der Waals surface area contributed by atoms with E-state index < -0.39 is 5.97 Å². The Bertz CT molecular complexity index is 372. The van der Waals surface area contributed by atoms with Crippen LogP contribution in [0.4, 0.5) is 0 Å². The fraction of sp³-hybridized carbons (Fsp3) is 0.727. The molecule has 0 fully saturated rings. The van der Waals surface area contributed by atoms with Gasteiger partial charge >= 0.3 is 5.97 Å². The maximum atomic E-state index is 11.3. The van der Waals surface area contributed by atoms with Crippen molar-refractivity contribution in [3.8, 4) is 5.19 Å². The fourth-order valence-corrected chi connectivity index (χ4v) is 1.72. The first kappa shape index (κ1) is 15.8. The third-order valence-corrected chi connectivity index (χ3v) is 2.76. The number of hydrogen-bond acceptors (Lipinski definition) is 8. The number of methoxy groups -OCH3 is 1. The number of carbonyl (C=O) groups excluding carboxylic acids is 1. The van der Waals surface area contributed by atoms with Gasteiger partial charge in [-0.15, -0.1) is 5.10 Å².